The summed E-state index contributed by atoms with van der Waals surface area (Å²) in [5.74, 6) is 0.955. The van der Waals surface area contributed by atoms with Crippen LogP contribution in [0.25, 0.3) is 6.08 Å². The minimum absolute atomic E-state index is 0.190. The molecule has 0 saturated heterocycles. The molecule has 0 radical (unpaired) electrons. The van der Waals surface area contributed by atoms with Gasteiger partial charge >= 0.3 is 6.18 Å². The lowest BCUT2D eigenvalue weighted by atomic mass is 10.0. The minimum Gasteiger partial charge on any atom is -0.493 e. The van der Waals surface area contributed by atoms with Crippen LogP contribution in [0, 0.1) is 0 Å². The third-order valence-corrected chi connectivity index (χ3v) is 4.41. The Morgan fingerprint density at radius 1 is 1.15 bits per heavy atom. The van der Waals surface area contributed by atoms with Gasteiger partial charge in [-0.25, -0.2) is 0 Å². The molecule has 0 spiro atoms. The molecule has 1 heterocycles. The highest BCUT2D eigenvalue weighted by Gasteiger charge is 2.32. The fourth-order valence-electron chi connectivity index (χ4n) is 3.12. The van der Waals surface area contributed by atoms with E-state index >= 15 is 0 Å². The second kappa shape index (κ2) is 7.96. The van der Waals surface area contributed by atoms with Crippen LogP contribution >= 0.6 is 0 Å². The molecular weight excluding hydrogens is 339 g/mol. The van der Waals surface area contributed by atoms with Gasteiger partial charge in [0.1, 0.15) is 5.75 Å². The summed E-state index contributed by atoms with van der Waals surface area (Å²) in [5, 5.41) is 0. The molecule has 0 unspecified atom stereocenters. The van der Waals surface area contributed by atoms with E-state index in [4.69, 9.17) is 4.74 Å². The number of likely N-dealkylation sites (N-methyl/N-ethyl adjacent to an activating group) is 1. The molecule has 2 aromatic rings. The van der Waals surface area contributed by atoms with Gasteiger partial charge in [-0.15, -0.1) is 0 Å². The van der Waals surface area contributed by atoms with Crippen LogP contribution in [0.3, 0.4) is 0 Å². The van der Waals surface area contributed by atoms with E-state index in [0.717, 1.165) is 36.8 Å². The first kappa shape index (κ1) is 18.5. The van der Waals surface area contributed by atoms with E-state index in [2.05, 4.69) is 23.1 Å². The van der Waals surface area contributed by atoms with Crippen molar-refractivity contribution in [3.63, 3.8) is 0 Å². The van der Waals surface area contributed by atoms with E-state index in [1.807, 2.05) is 7.05 Å². The summed E-state index contributed by atoms with van der Waals surface area (Å²) in [5.41, 5.74) is 1.96. The second-order valence-corrected chi connectivity index (χ2v) is 6.58. The molecule has 3 rings (SSSR count). The number of ether oxygens (including phenoxy) is 1. The van der Waals surface area contributed by atoms with Crippen molar-refractivity contribution in [2.24, 2.45) is 0 Å². The highest BCUT2D eigenvalue weighted by atomic mass is 19.4. The lowest BCUT2D eigenvalue weighted by Crippen LogP contribution is -2.18. The topological polar surface area (TPSA) is 12.5 Å². The maximum atomic E-state index is 13.0. The zero-order chi connectivity index (χ0) is 18.6. The molecule has 0 aliphatic carbocycles. The van der Waals surface area contributed by atoms with Crippen LogP contribution in [0.5, 0.6) is 5.75 Å². The minimum atomic E-state index is -4.34. The van der Waals surface area contributed by atoms with Gasteiger partial charge in [-0.05, 0) is 48.7 Å². The standard InChI is InChI=1S/C21H22F3NO/c1-25(15-16-10-11-18-8-5-13-26-20(18)14-16)12-4-7-17-6-2-3-9-19(17)21(22,23)24/h2-4,6-7,9-11,14H,5,8,12-13,15H2,1H3. The van der Waals surface area contributed by atoms with Crippen LogP contribution < -0.4 is 4.74 Å². The SMILES string of the molecule is CN(CC=Cc1ccccc1C(F)(F)F)Cc1ccc2c(c1)OCCC2. The smallest absolute Gasteiger partial charge is 0.416 e. The largest absolute Gasteiger partial charge is 0.493 e. The Morgan fingerprint density at radius 2 is 1.96 bits per heavy atom. The Kier molecular flexibility index (Phi) is 5.67. The van der Waals surface area contributed by atoms with Gasteiger partial charge in [-0.1, -0.05) is 42.5 Å². The molecule has 0 atom stereocenters. The number of fused-ring (bicyclic) bond motifs is 1. The number of halogens is 3. The number of nitrogens with zero attached hydrogens (tertiary/aromatic N) is 1. The van der Waals surface area contributed by atoms with Crippen LogP contribution in [0.4, 0.5) is 13.2 Å². The summed E-state index contributed by atoms with van der Waals surface area (Å²) < 4.78 is 44.7. The van der Waals surface area contributed by atoms with Gasteiger partial charge in [0.05, 0.1) is 12.2 Å². The van der Waals surface area contributed by atoms with E-state index in [0.29, 0.717) is 13.1 Å². The van der Waals surface area contributed by atoms with Gasteiger partial charge in [0, 0.05) is 13.1 Å². The highest BCUT2D eigenvalue weighted by Crippen LogP contribution is 2.32. The van der Waals surface area contributed by atoms with Gasteiger partial charge < -0.3 is 4.74 Å². The molecule has 0 N–H and O–H groups in total. The van der Waals surface area contributed by atoms with Crippen LogP contribution in [0.15, 0.2) is 48.5 Å². The lowest BCUT2D eigenvalue weighted by Gasteiger charge is -2.20. The second-order valence-electron chi connectivity index (χ2n) is 6.58. The first-order valence-corrected chi connectivity index (χ1v) is 8.69. The van der Waals surface area contributed by atoms with Gasteiger partial charge in [-0.3, -0.25) is 4.90 Å². The molecule has 138 valence electrons. The first-order valence-electron chi connectivity index (χ1n) is 8.69. The molecule has 0 amide bonds. The third kappa shape index (κ3) is 4.67. The molecule has 2 nitrogen and oxygen atoms in total. The van der Waals surface area contributed by atoms with Crippen molar-refractivity contribution in [1.29, 1.82) is 0 Å². The summed E-state index contributed by atoms with van der Waals surface area (Å²) in [6.07, 6.45) is 1.06. The Labute approximate surface area is 151 Å². The molecule has 1 aliphatic rings. The predicted molar refractivity (Wildman–Crippen MR) is 97.1 cm³/mol. The summed E-state index contributed by atoms with van der Waals surface area (Å²) in [6, 6.07) is 11.9. The highest BCUT2D eigenvalue weighted by molar-refractivity contribution is 5.54. The van der Waals surface area contributed by atoms with Gasteiger partial charge in [0.15, 0.2) is 0 Å². The molecule has 0 saturated carbocycles. The van der Waals surface area contributed by atoms with Crippen LogP contribution in [0.1, 0.15) is 28.7 Å². The number of hydrogen-bond acceptors (Lipinski definition) is 2. The maximum Gasteiger partial charge on any atom is 0.416 e. The molecule has 0 bridgehead atoms. The molecule has 0 aromatic heterocycles. The Balaban J connectivity index is 1.61. The van der Waals surface area contributed by atoms with Gasteiger partial charge in [-0.2, -0.15) is 13.2 Å². The quantitative estimate of drug-likeness (QED) is 0.728. The van der Waals surface area contributed by atoms with E-state index < -0.39 is 11.7 Å². The fraction of sp³-hybridized carbons (Fsp3) is 0.333. The third-order valence-electron chi connectivity index (χ3n) is 4.41. The summed E-state index contributed by atoms with van der Waals surface area (Å²) in [7, 11) is 1.94. The molecular formula is C21H22F3NO. The van der Waals surface area contributed by atoms with Crippen LogP contribution in [-0.4, -0.2) is 25.1 Å². The normalized spacial score (nSPS) is 14.5. The lowest BCUT2D eigenvalue weighted by molar-refractivity contribution is -0.137. The predicted octanol–water partition coefficient (Wildman–Crippen LogP) is 5.18. The summed E-state index contributed by atoms with van der Waals surface area (Å²) in [6.45, 7) is 2.03. The Bertz CT molecular complexity index is 783. The van der Waals surface area contributed by atoms with Crippen molar-refractivity contribution in [1.82, 2.24) is 4.90 Å². The molecule has 26 heavy (non-hydrogen) atoms. The first-order chi connectivity index (χ1) is 12.4. The number of rotatable bonds is 5. The van der Waals surface area contributed by atoms with Crippen molar-refractivity contribution in [3.8, 4) is 5.75 Å². The summed E-state index contributed by atoms with van der Waals surface area (Å²) >= 11 is 0. The number of alkyl halides is 3. The zero-order valence-corrected chi connectivity index (χ0v) is 14.7. The molecule has 0 fully saturated rings. The monoisotopic (exact) mass is 361 g/mol. The van der Waals surface area contributed by atoms with Crippen molar-refractivity contribution < 1.29 is 17.9 Å². The fourth-order valence-corrected chi connectivity index (χ4v) is 3.12. The Morgan fingerprint density at radius 3 is 2.77 bits per heavy atom. The Hall–Kier alpha value is -2.27. The molecule has 1 aliphatic heterocycles. The van der Waals surface area contributed by atoms with Crippen molar-refractivity contribution in [2.75, 3.05) is 20.2 Å². The average Bonchev–Trinajstić information content (AvgIpc) is 2.61. The van der Waals surface area contributed by atoms with E-state index in [1.54, 1.807) is 12.1 Å². The number of benzene rings is 2. The van der Waals surface area contributed by atoms with Crippen molar-refractivity contribution in [2.45, 2.75) is 25.6 Å². The van der Waals surface area contributed by atoms with Gasteiger partial charge in [0.2, 0.25) is 0 Å². The van der Waals surface area contributed by atoms with Crippen LogP contribution in [-0.2, 0) is 19.1 Å². The maximum absolute atomic E-state index is 13.0. The van der Waals surface area contributed by atoms with Gasteiger partial charge in [0.25, 0.3) is 0 Å². The van der Waals surface area contributed by atoms with E-state index in [-0.39, 0.29) is 5.56 Å². The summed E-state index contributed by atoms with van der Waals surface area (Å²) in [4.78, 5) is 2.05. The molecule has 2 aromatic carbocycles. The number of aryl methyl sites for hydroxylation is 1. The number of hydrogen-bond donors (Lipinski definition) is 0. The average molecular weight is 361 g/mol. The van der Waals surface area contributed by atoms with Crippen molar-refractivity contribution in [3.05, 3.63) is 70.8 Å². The van der Waals surface area contributed by atoms with E-state index in [1.165, 1.54) is 23.8 Å². The zero-order valence-electron chi connectivity index (χ0n) is 14.7. The molecule has 5 heteroatoms. The van der Waals surface area contributed by atoms with Crippen LogP contribution in [0.2, 0.25) is 0 Å². The van der Waals surface area contributed by atoms with E-state index in [9.17, 15) is 13.2 Å². The van der Waals surface area contributed by atoms with Crippen molar-refractivity contribution >= 4 is 6.08 Å².